The number of hydrogen-bond donors (Lipinski definition) is 0. The largest absolute Gasteiger partial charge is 0.370 e. The average molecular weight is 126 g/mol. The van der Waals surface area contributed by atoms with Crippen LogP contribution >= 0.6 is 0 Å². The molecule has 0 radical (unpaired) electrons. The Morgan fingerprint density at radius 2 is 2.33 bits per heavy atom. The summed E-state index contributed by atoms with van der Waals surface area (Å²) in [6, 6.07) is 0. The number of unbranched alkanes of at least 4 members (excludes halogenated alkanes) is 1. The van der Waals surface area contributed by atoms with Crippen LogP contribution in [0.2, 0.25) is 0 Å². The van der Waals surface area contributed by atoms with Crippen LogP contribution in [0.15, 0.2) is 12.7 Å². The highest BCUT2D eigenvalue weighted by atomic mass is 16.6. The van der Waals surface area contributed by atoms with E-state index in [0.29, 0.717) is 12.2 Å². The van der Waals surface area contributed by atoms with Crippen molar-refractivity contribution in [3.8, 4) is 0 Å². The van der Waals surface area contributed by atoms with Gasteiger partial charge in [0.25, 0.3) is 0 Å². The fraction of sp³-hybridized carbons (Fsp3) is 0.750. The number of allylic oxidation sites excluding steroid dienone is 1. The molecule has 1 rings (SSSR count). The molecule has 9 heavy (non-hydrogen) atoms. The fourth-order valence-electron chi connectivity index (χ4n) is 0.996. The standard InChI is InChI=1S/C8H14O/c1-3-4-5-6-8-7(2)9-8/h3,7-8H,1,4-6H2,2H3. The van der Waals surface area contributed by atoms with E-state index in [0.717, 1.165) is 6.42 Å². The molecule has 52 valence electrons. The van der Waals surface area contributed by atoms with Crippen molar-refractivity contribution in [1.82, 2.24) is 0 Å². The van der Waals surface area contributed by atoms with Crippen molar-refractivity contribution in [2.45, 2.75) is 38.4 Å². The van der Waals surface area contributed by atoms with E-state index in [1.807, 2.05) is 6.08 Å². The van der Waals surface area contributed by atoms with Gasteiger partial charge in [0, 0.05) is 0 Å². The van der Waals surface area contributed by atoms with Crippen molar-refractivity contribution in [3.05, 3.63) is 12.7 Å². The summed E-state index contributed by atoms with van der Waals surface area (Å²) in [5.74, 6) is 0. The summed E-state index contributed by atoms with van der Waals surface area (Å²) >= 11 is 0. The third kappa shape index (κ3) is 2.19. The van der Waals surface area contributed by atoms with E-state index in [1.165, 1.54) is 12.8 Å². The smallest absolute Gasteiger partial charge is 0.0839 e. The zero-order valence-electron chi connectivity index (χ0n) is 5.97. The zero-order valence-corrected chi connectivity index (χ0v) is 5.97. The average Bonchev–Trinajstić information content (AvgIpc) is 2.48. The highest BCUT2D eigenvalue weighted by Gasteiger charge is 2.32. The molecule has 1 heterocycles. The van der Waals surface area contributed by atoms with Gasteiger partial charge in [-0.15, -0.1) is 6.58 Å². The van der Waals surface area contributed by atoms with Gasteiger partial charge >= 0.3 is 0 Å². The Labute approximate surface area is 56.7 Å². The van der Waals surface area contributed by atoms with Crippen LogP contribution < -0.4 is 0 Å². The van der Waals surface area contributed by atoms with Crippen molar-refractivity contribution in [1.29, 1.82) is 0 Å². The minimum absolute atomic E-state index is 0.537. The first-order valence-corrected chi connectivity index (χ1v) is 3.61. The van der Waals surface area contributed by atoms with E-state index < -0.39 is 0 Å². The van der Waals surface area contributed by atoms with Gasteiger partial charge in [-0.3, -0.25) is 0 Å². The van der Waals surface area contributed by atoms with E-state index in [-0.39, 0.29) is 0 Å². The van der Waals surface area contributed by atoms with E-state index in [4.69, 9.17) is 4.74 Å². The predicted molar refractivity (Wildman–Crippen MR) is 38.4 cm³/mol. The van der Waals surface area contributed by atoms with Crippen LogP contribution in [-0.2, 0) is 4.74 Å². The van der Waals surface area contributed by atoms with E-state index in [1.54, 1.807) is 0 Å². The van der Waals surface area contributed by atoms with Crippen LogP contribution in [0.5, 0.6) is 0 Å². The molecule has 1 fully saturated rings. The molecule has 0 aromatic carbocycles. The van der Waals surface area contributed by atoms with E-state index in [2.05, 4.69) is 13.5 Å². The molecule has 1 saturated heterocycles. The maximum absolute atomic E-state index is 5.23. The predicted octanol–water partition coefficient (Wildman–Crippen LogP) is 2.13. The Kier molecular flexibility index (Phi) is 2.29. The van der Waals surface area contributed by atoms with E-state index in [9.17, 15) is 0 Å². The molecule has 0 aliphatic carbocycles. The lowest BCUT2D eigenvalue weighted by Crippen LogP contribution is -1.87. The molecule has 0 spiro atoms. The van der Waals surface area contributed by atoms with Crippen LogP contribution in [0, 0.1) is 0 Å². The monoisotopic (exact) mass is 126 g/mol. The van der Waals surface area contributed by atoms with Crippen LogP contribution in [-0.4, -0.2) is 12.2 Å². The Balaban J connectivity index is 1.88. The fourth-order valence-corrected chi connectivity index (χ4v) is 0.996. The lowest BCUT2D eigenvalue weighted by atomic mass is 10.1. The molecule has 2 unspecified atom stereocenters. The Bertz CT molecular complexity index is 98.7. The minimum Gasteiger partial charge on any atom is -0.370 e. The van der Waals surface area contributed by atoms with Gasteiger partial charge in [-0.25, -0.2) is 0 Å². The van der Waals surface area contributed by atoms with Crippen LogP contribution in [0.4, 0.5) is 0 Å². The van der Waals surface area contributed by atoms with Gasteiger partial charge in [0.15, 0.2) is 0 Å². The maximum atomic E-state index is 5.23. The number of hydrogen-bond acceptors (Lipinski definition) is 1. The Morgan fingerprint density at radius 3 is 2.78 bits per heavy atom. The highest BCUT2D eigenvalue weighted by Crippen LogP contribution is 2.25. The van der Waals surface area contributed by atoms with Crippen LogP contribution in [0.3, 0.4) is 0 Å². The molecule has 1 heteroatoms. The quantitative estimate of drug-likeness (QED) is 0.319. The molecular formula is C8H14O. The summed E-state index contributed by atoms with van der Waals surface area (Å²) in [4.78, 5) is 0. The summed E-state index contributed by atoms with van der Waals surface area (Å²) in [6.45, 7) is 5.78. The number of rotatable bonds is 4. The van der Waals surface area contributed by atoms with Crippen molar-refractivity contribution >= 4 is 0 Å². The molecule has 1 aliphatic rings. The molecule has 0 aromatic rings. The Hall–Kier alpha value is -0.300. The van der Waals surface area contributed by atoms with Gasteiger partial charge < -0.3 is 4.74 Å². The topological polar surface area (TPSA) is 12.5 Å². The second-order valence-electron chi connectivity index (χ2n) is 2.60. The molecular weight excluding hydrogens is 112 g/mol. The molecule has 0 bridgehead atoms. The van der Waals surface area contributed by atoms with Gasteiger partial charge in [0.1, 0.15) is 0 Å². The summed E-state index contributed by atoms with van der Waals surface area (Å²) < 4.78 is 5.23. The first-order chi connectivity index (χ1) is 4.34. The maximum Gasteiger partial charge on any atom is 0.0839 e. The summed E-state index contributed by atoms with van der Waals surface area (Å²) in [6.07, 6.45) is 6.66. The highest BCUT2D eigenvalue weighted by molar-refractivity contribution is 4.80. The molecule has 2 atom stereocenters. The zero-order chi connectivity index (χ0) is 6.69. The molecule has 0 amide bonds. The van der Waals surface area contributed by atoms with Gasteiger partial charge in [-0.2, -0.15) is 0 Å². The van der Waals surface area contributed by atoms with Crippen LogP contribution in [0.25, 0.3) is 0 Å². The summed E-state index contributed by atoms with van der Waals surface area (Å²) in [5, 5.41) is 0. The van der Waals surface area contributed by atoms with Crippen molar-refractivity contribution in [2.75, 3.05) is 0 Å². The molecule has 0 saturated carbocycles. The minimum atomic E-state index is 0.537. The van der Waals surface area contributed by atoms with Gasteiger partial charge in [0.2, 0.25) is 0 Å². The van der Waals surface area contributed by atoms with E-state index >= 15 is 0 Å². The number of ether oxygens (including phenoxy) is 1. The molecule has 0 N–H and O–H groups in total. The Morgan fingerprint density at radius 1 is 1.67 bits per heavy atom. The second kappa shape index (κ2) is 3.02. The molecule has 1 aliphatic heterocycles. The third-order valence-corrected chi connectivity index (χ3v) is 1.73. The molecule has 1 nitrogen and oxygen atoms in total. The van der Waals surface area contributed by atoms with Gasteiger partial charge in [-0.1, -0.05) is 6.08 Å². The summed E-state index contributed by atoms with van der Waals surface area (Å²) in [7, 11) is 0. The first kappa shape index (κ1) is 6.81. The number of epoxide rings is 1. The normalized spacial score (nSPS) is 32.1. The van der Waals surface area contributed by atoms with Gasteiger partial charge in [0.05, 0.1) is 12.2 Å². The first-order valence-electron chi connectivity index (χ1n) is 3.61. The SMILES string of the molecule is C=CCCCC1OC1C. The van der Waals surface area contributed by atoms with Crippen molar-refractivity contribution in [3.63, 3.8) is 0 Å². The third-order valence-electron chi connectivity index (χ3n) is 1.73. The van der Waals surface area contributed by atoms with Crippen molar-refractivity contribution in [2.24, 2.45) is 0 Å². The lowest BCUT2D eigenvalue weighted by molar-refractivity contribution is 0.367. The van der Waals surface area contributed by atoms with Crippen LogP contribution in [0.1, 0.15) is 26.2 Å². The lowest BCUT2D eigenvalue weighted by Gasteiger charge is -1.89. The van der Waals surface area contributed by atoms with Crippen molar-refractivity contribution < 1.29 is 4.74 Å². The second-order valence-corrected chi connectivity index (χ2v) is 2.60. The molecule has 0 aromatic heterocycles. The van der Waals surface area contributed by atoms with Gasteiger partial charge in [-0.05, 0) is 26.2 Å². The summed E-state index contributed by atoms with van der Waals surface area (Å²) in [5.41, 5.74) is 0.